The highest BCUT2D eigenvalue weighted by atomic mass is 35.6. The largest absolute Gasteiger partial charge is 0.348 e. The Labute approximate surface area is 160 Å². The van der Waals surface area contributed by atoms with E-state index in [1.165, 1.54) is 0 Å². The highest BCUT2D eigenvalue weighted by Crippen LogP contribution is 2.41. The molecule has 4 nitrogen and oxygen atoms in total. The van der Waals surface area contributed by atoms with Crippen LogP contribution in [-0.2, 0) is 9.59 Å². The SMILES string of the molecule is CC(=O)N(C)C[Si](Cl)([Si](C)(C)C)[Si](Cl)(CN(C)C(C)=O)[Si](C)(C)C. The van der Waals surface area contributed by atoms with Gasteiger partial charge in [-0.1, -0.05) is 39.3 Å². The maximum Gasteiger partial charge on any atom is 0.218 e. The van der Waals surface area contributed by atoms with E-state index in [-0.39, 0.29) is 11.8 Å². The molecule has 24 heavy (non-hydrogen) atoms. The summed E-state index contributed by atoms with van der Waals surface area (Å²) in [7, 11) is -0.0254. The van der Waals surface area contributed by atoms with Crippen LogP contribution in [-0.4, -0.2) is 76.1 Å². The molecule has 0 saturated carbocycles. The molecule has 2 atom stereocenters. The fourth-order valence-corrected chi connectivity index (χ4v) is 83.2. The number of hydrogen-bond donors (Lipinski definition) is 0. The van der Waals surface area contributed by atoms with Crippen LogP contribution in [0.4, 0.5) is 0 Å². The minimum absolute atomic E-state index is 0.0225. The summed E-state index contributed by atoms with van der Waals surface area (Å²) in [6.07, 6.45) is -3.80. The number of nitrogens with zero attached hydrogens (tertiary/aromatic N) is 2. The van der Waals surface area contributed by atoms with Crippen molar-refractivity contribution in [3.63, 3.8) is 0 Å². The Bertz CT molecular complexity index is 452. The molecular formula is C14H34Cl2N2O2Si4. The normalized spacial score (nSPS) is 17.7. The van der Waals surface area contributed by atoms with Crippen molar-refractivity contribution in [1.29, 1.82) is 0 Å². The molecule has 0 aromatic heterocycles. The zero-order valence-electron chi connectivity index (χ0n) is 16.9. The second-order valence-corrected chi connectivity index (χ2v) is 51.6. The van der Waals surface area contributed by atoms with Gasteiger partial charge in [-0.2, -0.15) is 22.2 Å². The van der Waals surface area contributed by atoms with Crippen molar-refractivity contribution < 1.29 is 9.59 Å². The minimum Gasteiger partial charge on any atom is -0.348 e. The molecule has 0 fully saturated rings. The van der Waals surface area contributed by atoms with Gasteiger partial charge in [0.25, 0.3) is 0 Å². The Morgan fingerprint density at radius 2 is 0.917 bits per heavy atom. The molecule has 2 unspecified atom stereocenters. The second kappa shape index (κ2) is 7.95. The van der Waals surface area contributed by atoms with Gasteiger partial charge in [-0.05, 0) is 0 Å². The zero-order valence-corrected chi connectivity index (χ0v) is 22.4. The van der Waals surface area contributed by atoms with Crippen LogP contribution >= 0.6 is 22.2 Å². The van der Waals surface area contributed by atoms with Gasteiger partial charge in [0.15, 0.2) is 12.8 Å². The molecule has 142 valence electrons. The Hall–Kier alpha value is 0.388. The van der Waals surface area contributed by atoms with E-state index in [0.717, 1.165) is 0 Å². The molecule has 0 aromatic carbocycles. The molecule has 0 spiro atoms. The average molecular weight is 446 g/mol. The predicted octanol–water partition coefficient (Wildman–Crippen LogP) is 3.30. The van der Waals surface area contributed by atoms with Gasteiger partial charge in [-0.25, -0.2) is 0 Å². The lowest BCUT2D eigenvalue weighted by molar-refractivity contribution is -0.127. The van der Waals surface area contributed by atoms with Gasteiger partial charge in [-0.3, -0.25) is 9.59 Å². The van der Waals surface area contributed by atoms with E-state index in [4.69, 9.17) is 22.2 Å². The molecule has 0 aliphatic heterocycles. The van der Waals surface area contributed by atoms with Crippen molar-refractivity contribution in [3.8, 4) is 0 Å². The van der Waals surface area contributed by atoms with Gasteiger partial charge < -0.3 is 9.80 Å². The van der Waals surface area contributed by atoms with Crippen LogP contribution < -0.4 is 0 Å². The fraction of sp³-hybridized carbons (Fsp3) is 0.857. The summed E-state index contributed by atoms with van der Waals surface area (Å²) < 4.78 is 0. The molecule has 0 bridgehead atoms. The van der Waals surface area contributed by atoms with Crippen molar-refractivity contribution >= 4 is 62.0 Å². The van der Waals surface area contributed by atoms with Gasteiger partial charge in [0.1, 0.15) is 0 Å². The summed E-state index contributed by atoms with van der Waals surface area (Å²) in [6.45, 7) is 16.8. The molecule has 0 aliphatic carbocycles. The molecule has 0 heterocycles. The van der Waals surface area contributed by atoms with E-state index in [2.05, 4.69) is 39.3 Å². The van der Waals surface area contributed by atoms with Crippen LogP contribution in [0.25, 0.3) is 0 Å². The summed E-state index contributed by atoms with van der Waals surface area (Å²) in [4.78, 5) is 27.3. The van der Waals surface area contributed by atoms with Gasteiger partial charge >= 0.3 is 0 Å². The lowest BCUT2D eigenvalue weighted by atomic mass is 10.6. The third-order valence-corrected chi connectivity index (χ3v) is 76.6. The smallest absolute Gasteiger partial charge is 0.218 e. The van der Waals surface area contributed by atoms with Crippen molar-refractivity contribution in [2.24, 2.45) is 0 Å². The average Bonchev–Trinajstić information content (AvgIpc) is 2.34. The first-order valence-electron chi connectivity index (χ1n) is 8.22. The molecule has 10 heteroatoms. The fourth-order valence-electron chi connectivity index (χ4n) is 2.79. The molecule has 0 radical (unpaired) electrons. The van der Waals surface area contributed by atoms with E-state index >= 15 is 0 Å². The van der Waals surface area contributed by atoms with Gasteiger partial charge in [0.05, 0.1) is 15.2 Å². The monoisotopic (exact) mass is 444 g/mol. The van der Waals surface area contributed by atoms with Crippen molar-refractivity contribution in [2.75, 3.05) is 26.4 Å². The molecule has 0 N–H and O–H groups in total. The highest BCUT2D eigenvalue weighted by Gasteiger charge is 2.67. The van der Waals surface area contributed by atoms with Gasteiger partial charge in [0.2, 0.25) is 11.8 Å². The molecule has 0 saturated heterocycles. The van der Waals surface area contributed by atoms with Gasteiger partial charge in [-0.15, -0.1) is 0 Å². The Kier molecular flexibility index (Phi) is 8.08. The third kappa shape index (κ3) is 4.97. The number of carbonyl (C=O) groups is 2. The zero-order chi connectivity index (χ0) is 19.7. The summed E-state index contributed by atoms with van der Waals surface area (Å²) in [5, 5.41) is 0. The maximum absolute atomic E-state index is 11.9. The molecule has 2 amide bonds. The minimum atomic E-state index is -2.49. The standard InChI is InChI=1S/C14H34Cl2N2O2Si4/c1-13(19)17(3)11-23(15,21(5,6)7)24(16,22(8,9)10)12-18(4)14(2)20/h11-12H2,1-10H3. The molecule has 0 aliphatic rings. The first-order valence-corrected chi connectivity index (χ1v) is 24.7. The van der Waals surface area contributed by atoms with Crippen LogP contribution in [0, 0.1) is 0 Å². The number of amides is 2. The van der Waals surface area contributed by atoms with E-state index in [0.29, 0.717) is 12.3 Å². The predicted molar refractivity (Wildman–Crippen MR) is 117 cm³/mol. The van der Waals surface area contributed by atoms with E-state index in [1.807, 2.05) is 14.1 Å². The third-order valence-electron chi connectivity index (χ3n) is 4.99. The quantitative estimate of drug-likeness (QED) is 0.446. The maximum atomic E-state index is 11.9. The molecular weight excluding hydrogens is 411 g/mol. The Morgan fingerprint density at radius 3 is 1.04 bits per heavy atom. The lowest BCUT2D eigenvalue weighted by Gasteiger charge is -2.53. The number of hydrogen-bond acceptors (Lipinski definition) is 2. The van der Waals surface area contributed by atoms with Crippen LogP contribution in [0.3, 0.4) is 0 Å². The summed E-state index contributed by atoms with van der Waals surface area (Å²) >= 11 is 15.1. The van der Waals surface area contributed by atoms with E-state index in [1.54, 1.807) is 23.6 Å². The topological polar surface area (TPSA) is 40.6 Å². The van der Waals surface area contributed by atoms with Crippen molar-refractivity contribution in [1.82, 2.24) is 9.80 Å². The number of carbonyl (C=O) groups excluding carboxylic acids is 2. The molecule has 0 aromatic rings. The van der Waals surface area contributed by atoms with Crippen LogP contribution in [0.2, 0.25) is 39.3 Å². The van der Waals surface area contributed by atoms with Crippen LogP contribution in [0.1, 0.15) is 13.8 Å². The summed E-state index contributed by atoms with van der Waals surface area (Å²) in [5.74, 6) is 0.0450. The van der Waals surface area contributed by atoms with E-state index in [9.17, 15) is 9.59 Å². The number of rotatable bonds is 7. The second-order valence-electron chi connectivity index (χ2n) is 8.85. The van der Waals surface area contributed by atoms with Crippen LogP contribution in [0.15, 0.2) is 0 Å². The van der Waals surface area contributed by atoms with Crippen molar-refractivity contribution in [3.05, 3.63) is 0 Å². The Balaban J connectivity index is 6.31. The molecule has 0 rings (SSSR count). The van der Waals surface area contributed by atoms with Crippen molar-refractivity contribution in [2.45, 2.75) is 53.1 Å². The Morgan fingerprint density at radius 1 is 0.708 bits per heavy atom. The highest BCUT2D eigenvalue weighted by molar-refractivity contribution is 8.01. The first-order chi connectivity index (χ1) is 10.4. The van der Waals surface area contributed by atoms with Gasteiger partial charge in [0, 0.05) is 40.3 Å². The summed E-state index contributed by atoms with van der Waals surface area (Å²) in [6, 6.07) is 0. The van der Waals surface area contributed by atoms with Crippen LogP contribution in [0.5, 0.6) is 0 Å². The number of halogens is 2. The first kappa shape index (κ1) is 24.4. The van der Waals surface area contributed by atoms with E-state index < -0.39 is 28.0 Å². The summed E-state index contributed by atoms with van der Waals surface area (Å²) in [5.41, 5.74) is 0. The lowest BCUT2D eigenvalue weighted by Crippen LogP contribution is -2.84.